The zero-order chi connectivity index (χ0) is 32.2. The second kappa shape index (κ2) is 10.9. The molecular formula is C44H26N4. The third-order valence-corrected chi connectivity index (χ3v) is 9.43. The lowest BCUT2D eigenvalue weighted by Gasteiger charge is -2.16. The number of para-hydroxylation sites is 5. The molecule has 2 aromatic heterocycles. The van der Waals surface area contributed by atoms with Gasteiger partial charge in [0, 0.05) is 32.7 Å². The first kappa shape index (κ1) is 27.4. The molecule has 0 aliphatic carbocycles. The molecule has 0 N–H and O–H groups in total. The monoisotopic (exact) mass is 610 g/mol. The summed E-state index contributed by atoms with van der Waals surface area (Å²) in [6, 6.07) is 58.8. The van der Waals surface area contributed by atoms with E-state index < -0.39 is 0 Å². The van der Waals surface area contributed by atoms with Crippen LogP contribution in [0.5, 0.6) is 0 Å². The van der Waals surface area contributed by atoms with Gasteiger partial charge in [-0.15, -0.1) is 0 Å². The molecule has 0 aliphatic heterocycles. The van der Waals surface area contributed by atoms with E-state index in [4.69, 9.17) is 0 Å². The highest BCUT2D eigenvalue weighted by Crippen LogP contribution is 2.39. The Morgan fingerprint density at radius 3 is 1.29 bits per heavy atom. The van der Waals surface area contributed by atoms with Crippen molar-refractivity contribution in [3.8, 4) is 45.8 Å². The Kier molecular flexibility index (Phi) is 6.22. The number of fused-ring (bicyclic) bond motifs is 6. The van der Waals surface area contributed by atoms with Gasteiger partial charge >= 0.3 is 0 Å². The van der Waals surface area contributed by atoms with Crippen LogP contribution in [0.15, 0.2) is 158 Å². The van der Waals surface area contributed by atoms with E-state index in [1.807, 2.05) is 42.5 Å². The van der Waals surface area contributed by atoms with Crippen LogP contribution in [0.2, 0.25) is 0 Å². The van der Waals surface area contributed by atoms with Gasteiger partial charge in [-0.2, -0.15) is 10.5 Å². The molecule has 7 aromatic carbocycles. The second-order valence-corrected chi connectivity index (χ2v) is 12.0. The quantitative estimate of drug-likeness (QED) is 0.199. The number of hydrogen-bond acceptors (Lipinski definition) is 2. The van der Waals surface area contributed by atoms with E-state index in [0.717, 1.165) is 66.5 Å². The number of rotatable bonds is 4. The summed E-state index contributed by atoms with van der Waals surface area (Å²) in [5.74, 6) is 0. The first-order valence-electron chi connectivity index (χ1n) is 15.9. The van der Waals surface area contributed by atoms with Crippen LogP contribution in [0, 0.1) is 22.7 Å². The predicted octanol–water partition coefficient (Wildman–Crippen LogP) is 11.0. The van der Waals surface area contributed by atoms with Crippen LogP contribution in [-0.2, 0) is 0 Å². The van der Waals surface area contributed by atoms with E-state index in [1.165, 1.54) is 10.8 Å². The Hall–Kier alpha value is -6.88. The zero-order valence-corrected chi connectivity index (χ0v) is 25.8. The second-order valence-electron chi connectivity index (χ2n) is 12.0. The maximum absolute atomic E-state index is 10.3. The smallest absolute Gasteiger partial charge is 0.101 e. The van der Waals surface area contributed by atoms with Crippen molar-refractivity contribution in [1.82, 2.24) is 9.13 Å². The van der Waals surface area contributed by atoms with Crippen LogP contribution < -0.4 is 0 Å². The van der Waals surface area contributed by atoms with Gasteiger partial charge in [-0.1, -0.05) is 103 Å². The summed E-state index contributed by atoms with van der Waals surface area (Å²) in [5, 5.41) is 25.3. The minimum absolute atomic E-state index is 0.593. The van der Waals surface area contributed by atoms with E-state index in [1.54, 1.807) is 0 Å². The zero-order valence-electron chi connectivity index (χ0n) is 25.8. The summed E-state index contributed by atoms with van der Waals surface area (Å²) in [6.45, 7) is 0. The Morgan fingerprint density at radius 1 is 0.354 bits per heavy atom. The highest BCUT2D eigenvalue weighted by atomic mass is 15.0. The van der Waals surface area contributed by atoms with Crippen molar-refractivity contribution in [2.45, 2.75) is 0 Å². The molecule has 0 bridgehead atoms. The van der Waals surface area contributed by atoms with Crippen LogP contribution in [0.3, 0.4) is 0 Å². The maximum Gasteiger partial charge on any atom is 0.101 e. The highest BCUT2D eigenvalue weighted by molar-refractivity contribution is 6.10. The van der Waals surface area contributed by atoms with Gasteiger partial charge in [0.2, 0.25) is 0 Å². The van der Waals surface area contributed by atoms with Crippen LogP contribution in [-0.4, -0.2) is 9.13 Å². The standard InChI is InChI=1S/C44H26N4/c45-27-31-23-21-29(30-22-24-32(28-46)44(26-30)48-41-18-8-3-13-35(41)36-14-4-9-19-42(36)48)25-38(31)37-15-5-10-20-43(37)47-39-16-6-1-11-33(39)34-12-2-7-17-40(34)47/h1-26H. The molecule has 0 atom stereocenters. The molecule has 0 aliphatic rings. The Balaban J connectivity index is 1.26. The SMILES string of the molecule is N#Cc1ccc(-c2ccc(C#N)c(-n3c4ccccc4c4ccccc43)c2)cc1-c1ccccc1-n1c2ccccc2c2ccccc21. The van der Waals surface area contributed by atoms with Crippen molar-refractivity contribution in [1.29, 1.82) is 10.5 Å². The lowest BCUT2D eigenvalue weighted by molar-refractivity contribution is 1.17. The van der Waals surface area contributed by atoms with Crippen LogP contribution >= 0.6 is 0 Å². The maximum atomic E-state index is 10.3. The van der Waals surface area contributed by atoms with Crippen LogP contribution in [0.4, 0.5) is 0 Å². The summed E-state index contributed by atoms with van der Waals surface area (Å²) in [7, 11) is 0. The Bertz CT molecular complexity index is 2710. The van der Waals surface area contributed by atoms with E-state index in [0.29, 0.717) is 11.1 Å². The van der Waals surface area contributed by atoms with Crippen molar-refractivity contribution in [3.63, 3.8) is 0 Å². The predicted molar refractivity (Wildman–Crippen MR) is 195 cm³/mol. The molecule has 222 valence electrons. The molecule has 2 heterocycles. The van der Waals surface area contributed by atoms with Gasteiger partial charge in [0.05, 0.1) is 50.6 Å². The summed E-state index contributed by atoms with van der Waals surface area (Å²) >= 11 is 0. The van der Waals surface area contributed by atoms with Gasteiger partial charge < -0.3 is 9.13 Å². The van der Waals surface area contributed by atoms with Crippen LogP contribution in [0.1, 0.15) is 11.1 Å². The van der Waals surface area contributed by atoms with Crippen LogP contribution in [0.25, 0.3) is 77.2 Å². The topological polar surface area (TPSA) is 57.4 Å². The van der Waals surface area contributed by atoms with Crippen molar-refractivity contribution in [2.75, 3.05) is 0 Å². The van der Waals surface area contributed by atoms with Crippen molar-refractivity contribution in [3.05, 3.63) is 169 Å². The van der Waals surface area contributed by atoms with Crippen molar-refractivity contribution in [2.24, 2.45) is 0 Å². The van der Waals surface area contributed by atoms with E-state index in [2.05, 4.69) is 137 Å². The van der Waals surface area contributed by atoms with E-state index in [9.17, 15) is 10.5 Å². The average Bonchev–Trinajstić information content (AvgIpc) is 3.67. The molecule has 9 aromatic rings. The molecule has 0 fully saturated rings. The van der Waals surface area contributed by atoms with Gasteiger partial charge in [-0.05, 0) is 65.7 Å². The number of benzene rings is 7. The molecule has 0 spiro atoms. The number of nitriles is 2. The van der Waals surface area contributed by atoms with Crippen molar-refractivity contribution < 1.29 is 0 Å². The third-order valence-electron chi connectivity index (χ3n) is 9.43. The lowest BCUT2D eigenvalue weighted by atomic mass is 9.93. The largest absolute Gasteiger partial charge is 0.309 e. The van der Waals surface area contributed by atoms with Gasteiger partial charge in [0.1, 0.15) is 6.07 Å². The fraction of sp³-hybridized carbons (Fsp3) is 0. The Labute approximate surface area is 277 Å². The van der Waals surface area contributed by atoms with Gasteiger partial charge in [-0.25, -0.2) is 0 Å². The molecule has 48 heavy (non-hydrogen) atoms. The number of aromatic nitrogens is 2. The molecule has 4 nitrogen and oxygen atoms in total. The van der Waals surface area contributed by atoms with Gasteiger partial charge in [0.25, 0.3) is 0 Å². The summed E-state index contributed by atoms with van der Waals surface area (Å²) in [6.07, 6.45) is 0. The molecule has 0 radical (unpaired) electrons. The average molecular weight is 611 g/mol. The molecule has 0 saturated carbocycles. The van der Waals surface area contributed by atoms with E-state index in [-0.39, 0.29) is 0 Å². The number of nitrogens with zero attached hydrogens (tertiary/aromatic N) is 4. The van der Waals surface area contributed by atoms with Crippen molar-refractivity contribution >= 4 is 43.6 Å². The molecule has 4 heteroatoms. The van der Waals surface area contributed by atoms with E-state index >= 15 is 0 Å². The molecule has 0 amide bonds. The fourth-order valence-electron chi connectivity index (χ4n) is 7.30. The highest BCUT2D eigenvalue weighted by Gasteiger charge is 2.19. The normalized spacial score (nSPS) is 11.3. The number of hydrogen-bond donors (Lipinski definition) is 0. The minimum Gasteiger partial charge on any atom is -0.309 e. The lowest BCUT2D eigenvalue weighted by Crippen LogP contribution is -1.99. The summed E-state index contributed by atoms with van der Waals surface area (Å²) < 4.78 is 4.49. The first-order chi connectivity index (χ1) is 23.7. The summed E-state index contributed by atoms with van der Waals surface area (Å²) in [5.41, 5.74) is 11.1. The molecule has 0 saturated heterocycles. The molecular weight excluding hydrogens is 585 g/mol. The van der Waals surface area contributed by atoms with Gasteiger partial charge in [0.15, 0.2) is 0 Å². The summed E-state index contributed by atoms with van der Waals surface area (Å²) in [4.78, 5) is 0. The third kappa shape index (κ3) is 4.07. The molecule has 0 unspecified atom stereocenters. The Morgan fingerprint density at radius 2 is 0.771 bits per heavy atom. The minimum atomic E-state index is 0.593. The molecule has 9 rings (SSSR count). The first-order valence-corrected chi connectivity index (χ1v) is 15.9. The van der Waals surface area contributed by atoms with Gasteiger partial charge in [-0.3, -0.25) is 0 Å². The fourth-order valence-corrected chi connectivity index (χ4v) is 7.30.